The summed E-state index contributed by atoms with van der Waals surface area (Å²) in [7, 11) is -3.64. The lowest BCUT2D eigenvalue weighted by atomic mass is 9.95. The maximum Gasteiger partial charge on any atom is 0.243 e. The normalized spacial score (nSPS) is 19.0. The molecule has 0 spiro atoms. The highest BCUT2D eigenvalue weighted by Gasteiger charge is 2.51. The first-order chi connectivity index (χ1) is 13.8. The van der Waals surface area contributed by atoms with Gasteiger partial charge < -0.3 is 10.1 Å². The standard InChI is InChI=1S/C21H23ClN2O4S/c1-15-2-7-18(14-19(15)29(26,27)24-10-12-28-13-11-24)23-20(25)21(8-9-21)16-3-5-17(22)6-4-16/h2-7,14H,8-13H2,1H3,(H,23,25). The summed E-state index contributed by atoms with van der Waals surface area (Å²) in [5, 5.41) is 3.55. The molecule has 0 bridgehead atoms. The Balaban J connectivity index is 1.58. The van der Waals surface area contributed by atoms with E-state index in [1.54, 1.807) is 37.3 Å². The summed E-state index contributed by atoms with van der Waals surface area (Å²) in [6.07, 6.45) is 1.51. The first kappa shape index (κ1) is 20.3. The molecule has 154 valence electrons. The summed E-state index contributed by atoms with van der Waals surface area (Å²) in [4.78, 5) is 13.2. The molecule has 1 N–H and O–H groups in total. The van der Waals surface area contributed by atoms with Crippen LogP contribution in [0.4, 0.5) is 5.69 Å². The fourth-order valence-electron chi connectivity index (χ4n) is 3.67. The van der Waals surface area contributed by atoms with Crippen molar-refractivity contribution in [3.8, 4) is 0 Å². The van der Waals surface area contributed by atoms with Crippen molar-refractivity contribution in [2.75, 3.05) is 31.6 Å². The molecule has 1 amide bonds. The number of anilines is 1. The smallest absolute Gasteiger partial charge is 0.243 e. The molecule has 1 saturated carbocycles. The summed E-state index contributed by atoms with van der Waals surface area (Å²) in [6.45, 7) is 3.20. The summed E-state index contributed by atoms with van der Waals surface area (Å²) in [5.41, 5.74) is 1.48. The molecule has 6 nitrogen and oxygen atoms in total. The highest BCUT2D eigenvalue weighted by molar-refractivity contribution is 7.89. The number of carbonyl (C=O) groups excluding carboxylic acids is 1. The van der Waals surface area contributed by atoms with Crippen molar-refractivity contribution in [2.45, 2.75) is 30.1 Å². The van der Waals surface area contributed by atoms with Gasteiger partial charge in [0, 0.05) is 23.8 Å². The molecule has 2 aromatic rings. The Hall–Kier alpha value is -1.93. The van der Waals surface area contributed by atoms with E-state index in [1.807, 2.05) is 12.1 Å². The van der Waals surface area contributed by atoms with Crippen LogP contribution in [0.5, 0.6) is 0 Å². The summed E-state index contributed by atoms with van der Waals surface area (Å²) in [6, 6.07) is 12.3. The number of rotatable bonds is 5. The van der Waals surface area contributed by atoms with Gasteiger partial charge in [-0.15, -0.1) is 0 Å². The van der Waals surface area contributed by atoms with Gasteiger partial charge in [0.25, 0.3) is 0 Å². The fourth-order valence-corrected chi connectivity index (χ4v) is 5.46. The van der Waals surface area contributed by atoms with Gasteiger partial charge >= 0.3 is 0 Å². The molecule has 2 aromatic carbocycles. The Kier molecular flexibility index (Phi) is 5.42. The Bertz CT molecular complexity index is 1030. The van der Waals surface area contributed by atoms with E-state index in [2.05, 4.69) is 5.32 Å². The Morgan fingerprint density at radius 2 is 1.76 bits per heavy atom. The number of halogens is 1. The lowest BCUT2D eigenvalue weighted by molar-refractivity contribution is -0.118. The van der Waals surface area contributed by atoms with E-state index in [1.165, 1.54) is 4.31 Å². The van der Waals surface area contributed by atoms with E-state index in [4.69, 9.17) is 16.3 Å². The molecule has 1 aliphatic heterocycles. The number of sulfonamides is 1. The minimum absolute atomic E-state index is 0.126. The lowest BCUT2D eigenvalue weighted by Crippen LogP contribution is -2.40. The van der Waals surface area contributed by atoms with Crippen LogP contribution in [0.1, 0.15) is 24.0 Å². The van der Waals surface area contributed by atoms with E-state index in [0.29, 0.717) is 42.6 Å². The minimum atomic E-state index is -3.64. The predicted molar refractivity (Wildman–Crippen MR) is 112 cm³/mol. The third-order valence-electron chi connectivity index (χ3n) is 5.62. The van der Waals surface area contributed by atoms with Crippen LogP contribution in [0.15, 0.2) is 47.4 Å². The fraction of sp³-hybridized carbons (Fsp3) is 0.381. The summed E-state index contributed by atoms with van der Waals surface area (Å²) < 4.78 is 32.8. The van der Waals surface area contributed by atoms with E-state index in [9.17, 15) is 13.2 Å². The number of carbonyl (C=O) groups is 1. The average Bonchev–Trinajstić information content (AvgIpc) is 3.52. The molecule has 2 aliphatic rings. The van der Waals surface area contributed by atoms with Crippen LogP contribution >= 0.6 is 11.6 Å². The number of hydrogen-bond acceptors (Lipinski definition) is 4. The number of hydrogen-bond donors (Lipinski definition) is 1. The van der Waals surface area contributed by atoms with Crippen molar-refractivity contribution >= 4 is 33.2 Å². The molecule has 1 saturated heterocycles. The summed E-state index contributed by atoms with van der Waals surface area (Å²) in [5.74, 6) is -0.126. The molecule has 29 heavy (non-hydrogen) atoms. The van der Waals surface area contributed by atoms with Gasteiger partial charge in [-0.2, -0.15) is 4.31 Å². The third kappa shape index (κ3) is 3.92. The Labute approximate surface area is 175 Å². The first-order valence-electron chi connectivity index (χ1n) is 9.59. The SMILES string of the molecule is Cc1ccc(NC(=O)C2(c3ccc(Cl)cc3)CC2)cc1S(=O)(=O)N1CCOCC1. The van der Waals surface area contributed by atoms with Crippen LogP contribution in [0.3, 0.4) is 0 Å². The second-order valence-electron chi connectivity index (χ2n) is 7.54. The van der Waals surface area contributed by atoms with Crippen molar-refractivity contribution in [3.63, 3.8) is 0 Å². The molecule has 0 unspecified atom stereocenters. The second kappa shape index (κ2) is 7.72. The molecule has 0 aromatic heterocycles. The van der Waals surface area contributed by atoms with Crippen molar-refractivity contribution in [1.82, 2.24) is 4.31 Å². The second-order valence-corrected chi connectivity index (χ2v) is 9.88. The third-order valence-corrected chi connectivity index (χ3v) is 7.91. The summed E-state index contributed by atoms with van der Waals surface area (Å²) >= 11 is 5.96. The average molecular weight is 435 g/mol. The van der Waals surface area contributed by atoms with Crippen molar-refractivity contribution < 1.29 is 17.9 Å². The molecule has 2 fully saturated rings. The number of ether oxygens (including phenoxy) is 1. The van der Waals surface area contributed by atoms with E-state index < -0.39 is 15.4 Å². The van der Waals surface area contributed by atoms with Gasteiger partial charge in [-0.3, -0.25) is 4.79 Å². The number of nitrogens with zero attached hydrogens (tertiary/aromatic N) is 1. The number of aryl methyl sites for hydroxylation is 1. The zero-order chi connectivity index (χ0) is 20.6. The first-order valence-corrected chi connectivity index (χ1v) is 11.4. The monoisotopic (exact) mass is 434 g/mol. The molecule has 4 rings (SSSR count). The molecule has 0 atom stereocenters. The van der Waals surface area contributed by atoms with Crippen LogP contribution in [0.25, 0.3) is 0 Å². The molecular formula is C21H23ClN2O4S. The highest BCUT2D eigenvalue weighted by Crippen LogP contribution is 2.49. The number of nitrogens with one attached hydrogen (secondary N) is 1. The number of morpholine rings is 1. The zero-order valence-electron chi connectivity index (χ0n) is 16.2. The van der Waals surface area contributed by atoms with Gasteiger partial charge in [-0.1, -0.05) is 29.8 Å². The topological polar surface area (TPSA) is 75.7 Å². The molecule has 1 aliphatic carbocycles. The molecule has 0 radical (unpaired) electrons. The Morgan fingerprint density at radius 3 is 2.38 bits per heavy atom. The van der Waals surface area contributed by atoms with Crippen molar-refractivity contribution in [2.24, 2.45) is 0 Å². The van der Waals surface area contributed by atoms with Gasteiger partial charge in [-0.25, -0.2) is 8.42 Å². The Morgan fingerprint density at radius 1 is 1.10 bits per heavy atom. The predicted octanol–water partition coefficient (Wildman–Crippen LogP) is 3.34. The van der Waals surface area contributed by atoms with Crippen molar-refractivity contribution in [1.29, 1.82) is 0 Å². The molecular weight excluding hydrogens is 412 g/mol. The van der Waals surface area contributed by atoms with Gasteiger partial charge in [0.2, 0.25) is 15.9 Å². The molecule has 8 heteroatoms. The van der Waals surface area contributed by atoms with Crippen molar-refractivity contribution in [3.05, 3.63) is 58.6 Å². The van der Waals surface area contributed by atoms with E-state index in [0.717, 1.165) is 18.4 Å². The quantitative estimate of drug-likeness (QED) is 0.783. The van der Waals surface area contributed by atoms with Crippen LogP contribution in [-0.4, -0.2) is 44.9 Å². The van der Waals surface area contributed by atoms with E-state index in [-0.39, 0.29) is 10.8 Å². The van der Waals surface area contributed by atoms with Gasteiger partial charge in [0.1, 0.15) is 0 Å². The van der Waals surface area contributed by atoms with Crippen LogP contribution in [0.2, 0.25) is 5.02 Å². The highest BCUT2D eigenvalue weighted by atomic mass is 35.5. The lowest BCUT2D eigenvalue weighted by Gasteiger charge is -2.27. The maximum absolute atomic E-state index is 13.1. The van der Waals surface area contributed by atoms with Gasteiger partial charge in [0.15, 0.2) is 0 Å². The van der Waals surface area contributed by atoms with Gasteiger partial charge in [0.05, 0.1) is 23.5 Å². The zero-order valence-corrected chi connectivity index (χ0v) is 17.7. The van der Waals surface area contributed by atoms with Gasteiger partial charge in [-0.05, 0) is 55.2 Å². The van der Waals surface area contributed by atoms with Crippen LogP contribution in [0, 0.1) is 6.92 Å². The number of amides is 1. The molecule has 1 heterocycles. The maximum atomic E-state index is 13.1. The number of benzene rings is 2. The van der Waals surface area contributed by atoms with Crippen LogP contribution in [-0.2, 0) is 25.0 Å². The minimum Gasteiger partial charge on any atom is -0.379 e. The van der Waals surface area contributed by atoms with E-state index >= 15 is 0 Å². The largest absolute Gasteiger partial charge is 0.379 e. The van der Waals surface area contributed by atoms with Crippen LogP contribution < -0.4 is 5.32 Å².